The molecule has 7 nitrogen and oxygen atoms in total. The van der Waals surface area contributed by atoms with Crippen molar-refractivity contribution < 1.29 is 22.7 Å². The molecule has 1 unspecified atom stereocenters. The molecule has 138 valence electrons. The summed E-state index contributed by atoms with van der Waals surface area (Å²) in [6, 6.07) is 6.53. The van der Waals surface area contributed by atoms with E-state index in [9.17, 15) is 18.0 Å². The van der Waals surface area contributed by atoms with Gasteiger partial charge >= 0.3 is 0 Å². The van der Waals surface area contributed by atoms with Crippen LogP contribution in [0.25, 0.3) is 0 Å². The summed E-state index contributed by atoms with van der Waals surface area (Å²) >= 11 is 0. The van der Waals surface area contributed by atoms with E-state index in [1.807, 2.05) is 6.92 Å². The molecule has 0 spiro atoms. The van der Waals surface area contributed by atoms with E-state index in [1.165, 1.54) is 13.8 Å². The van der Waals surface area contributed by atoms with Crippen molar-refractivity contribution in [1.82, 2.24) is 5.32 Å². The van der Waals surface area contributed by atoms with E-state index in [2.05, 4.69) is 10.6 Å². The third-order valence-corrected chi connectivity index (χ3v) is 5.91. The molecule has 8 heteroatoms. The van der Waals surface area contributed by atoms with Gasteiger partial charge in [0.2, 0.25) is 11.8 Å². The number of nitrogens with one attached hydrogen (secondary N) is 2. The molecule has 0 aliphatic carbocycles. The highest BCUT2D eigenvalue weighted by Gasteiger charge is 2.39. The molecule has 1 fully saturated rings. The molecule has 0 bridgehead atoms. The summed E-state index contributed by atoms with van der Waals surface area (Å²) in [6.07, 6.45) is 0.374. The van der Waals surface area contributed by atoms with Gasteiger partial charge in [0.05, 0.1) is 23.8 Å². The standard InChI is InChI=1S/C17H24N2O5S/c1-4-24-14-8-6-5-7-13(14)19-16(21)17(2,3)15(20)18-12-9-10-25(22,23)11-12/h5-8,12H,4,9-11H2,1-3H3,(H,18,20)(H,19,21). The Kier molecular flexibility index (Phi) is 5.72. The van der Waals surface area contributed by atoms with E-state index < -0.39 is 33.1 Å². The Labute approximate surface area is 148 Å². The Balaban J connectivity index is 2.05. The number of para-hydroxylation sites is 2. The zero-order valence-corrected chi connectivity index (χ0v) is 15.5. The Hall–Kier alpha value is -2.09. The van der Waals surface area contributed by atoms with Crippen LogP contribution in [-0.2, 0) is 19.4 Å². The van der Waals surface area contributed by atoms with Crippen molar-refractivity contribution >= 4 is 27.3 Å². The average molecular weight is 368 g/mol. The first-order valence-electron chi connectivity index (χ1n) is 8.20. The van der Waals surface area contributed by atoms with E-state index >= 15 is 0 Å². The number of hydrogen-bond donors (Lipinski definition) is 2. The number of anilines is 1. The summed E-state index contributed by atoms with van der Waals surface area (Å²) < 4.78 is 28.5. The van der Waals surface area contributed by atoms with Gasteiger partial charge in [-0.25, -0.2) is 8.42 Å². The third kappa shape index (κ3) is 4.72. The lowest BCUT2D eigenvalue weighted by atomic mass is 9.90. The van der Waals surface area contributed by atoms with Crippen LogP contribution in [0.15, 0.2) is 24.3 Å². The fourth-order valence-electron chi connectivity index (χ4n) is 2.51. The number of benzene rings is 1. The minimum atomic E-state index is -3.10. The van der Waals surface area contributed by atoms with Crippen LogP contribution in [0.1, 0.15) is 27.2 Å². The summed E-state index contributed by atoms with van der Waals surface area (Å²) in [6.45, 7) is 5.30. The van der Waals surface area contributed by atoms with Gasteiger partial charge in [-0.2, -0.15) is 0 Å². The molecular formula is C17H24N2O5S. The van der Waals surface area contributed by atoms with Crippen molar-refractivity contribution in [3.05, 3.63) is 24.3 Å². The Morgan fingerprint density at radius 1 is 1.24 bits per heavy atom. The molecule has 0 saturated carbocycles. The van der Waals surface area contributed by atoms with Crippen LogP contribution < -0.4 is 15.4 Å². The maximum absolute atomic E-state index is 12.6. The van der Waals surface area contributed by atoms with Gasteiger partial charge in [0.15, 0.2) is 9.84 Å². The van der Waals surface area contributed by atoms with Crippen LogP contribution in [0.2, 0.25) is 0 Å². The van der Waals surface area contributed by atoms with Crippen molar-refractivity contribution in [3.63, 3.8) is 0 Å². The number of carbonyl (C=O) groups is 2. The number of sulfone groups is 1. The van der Waals surface area contributed by atoms with E-state index in [1.54, 1.807) is 24.3 Å². The number of ether oxygens (including phenoxy) is 1. The second kappa shape index (κ2) is 7.43. The van der Waals surface area contributed by atoms with Gasteiger partial charge in [-0.15, -0.1) is 0 Å². The fourth-order valence-corrected chi connectivity index (χ4v) is 4.18. The highest BCUT2D eigenvalue weighted by Crippen LogP contribution is 2.27. The molecule has 1 aliphatic heterocycles. The smallest absolute Gasteiger partial charge is 0.239 e. The first kappa shape index (κ1) is 19.2. The lowest BCUT2D eigenvalue weighted by Gasteiger charge is -2.25. The van der Waals surface area contributed by atoms with Crippen LogP contribution in [0, 0.1) is 5.41 Å². The zero-order valence-electron chi connectivity index (χ0n) is 14.7. The third-order valence-electron chi connectivity index (χ3n) is 4.14. The molecular weight excluding hydrogens is 344 g/mol. The molecule has 1 atom stereocenters. The fraction of sp³-hybridized carbons (Fsp3) is 0.529. The molecule has 1 aromatic rings. The van der Waals surface area contributed by atoms with Crippen LogP contribution in [0.4, 0.5) is 5.69 Å². The quantitative estimate of drug-likeness (QED) is 0.738. The monoisotopic (exact) mass is 368 g/mol. The number of rotatable bonds is 6. The summed E-state index contributed by atoms with van der Waals surface area (Å²) in [4.78, 5) is 25.1. The van der Waals surface area contributed by atoms with Crippen molar-refractivity contribution in [2.45, 2.75) is 33.2 Å². The van der Waals surface area contributed by atoms with Gasteiger partial charge < -0.3 is 15.4 Å². The lowest BCUT2D eigenvalue weighted by molar-refractivity contribution is -0.138. The van der Waals surface area contributed by atoms with E-state index in [0.717, 1.165) is 0 Å². The van der Waals surface area contributed by atoms with Gasteiger partial charge in [-0.1, -0.05) is 12.1 Å². The van der Waals surface area contributed by atoms with Gasteiger partial charge in [-0.3, -0.25) is 9.59 Å². The van der Waals surface area contributed by atoms with Crippen LogP contribution in [0.3, 0.4) is 0 Å². The predicted octanol–water partition coefficient (Wildman–Crippen LogP) is 1.35. The molecule has 2 amide bonds. The van der Waals surface area contributed by atoms with Gasteiger partial charge in [0.1, 0.15) is 11.2 Å². The van der Waals surface area contributed by atoms with E-state index in [4.69, 9.17) is 4.74 Å². The number of hydrogen-bond acceptors (Lipinski definition) is 5. The summed E-state index contributed by atoms with van der Waals surface area (Å²) in [7, 11) is -3.10. The Morgan fingerprint density at radius 2 is 1.92 bits per heavy atom. The van der Waals surface area contributed by atoms with Crippen LogP contribution in [0.5, 0.6) is 5.75 Å². The van der Waals surface area contributed by atoms with Gasteiger partial charge in [-0.05, 0) is 39.3 Å². The highest BCUT2D eigenvalue weighted by molar-refractivity contribution is 7.91. The molecule has 1 aliphatic rings. The minimum Gasteiger partial charge on any atom is -0.492 e. The molecule has 1 saturated heterocycles. The zero-order chi connectivity index (χ0) is 18.7. The molecule has 2 rings (SSSR count). The summed E-state index contributed by atoms with van der Waals surface area (Å²) in [5, 5.41) is 5.39. The van der Waals surface area contributed by atoms with E-state index in [0.29, 0.717) is 24.5 Å². The summed E-state index contributed by atoms with van der Waals surface area (Å²) in [5.41, 5.74) is -0.871. The maximum atomic E-state index is 12.6. The lowest BCUT2D eigenvalue weighted by Crippen LogP contribution is -2.48. The second-order valence-corrected chi connectivity index (χ2v) is 8.81. The van der Waals surface area contributed by atoms with Gasteiger partial charge in [0.25, 0.3) is 0 Å². The minimum absolute atomic E-state index is 0.0618. The van der Waals surface area contributed by atoms with Crippen LogP contribution in [-0.4, -0.2) is 44.4 Å². The molecule has 0 aromatic heterocycles. The first-order chi connectivity index (χ1) is 11.7. The van der Waals surface area contributed by atoms with Crippen molar-refractivity contribution in [3.8, 4) is 5.75 Å². The SMILES string of the molecule is CCOc1ccccc1NC(=O)C(C)(C)C(=O)NC1CCS(=O)(=O)C1. The van der Waals surface area contributed by atoms with Crippen molar-refractivity contribution in [1.29, 1.82) is 0 Å². The van der Waals surface area contributed by atoms with Crippen molar-refractivity contribution in [2.75, 3.05) is 23.4 Å². The molecule has 0 radical (unpaired) electrons. The predicted molar refractivity (Wildman–Crippen MR) is 95.2 cm³/mol. The number of amides is 2. The van der Waals surface area contributed by atoms with E-state index in [-0.39, 0.29) is 11.5 Å². The second-order valence-electron chi connectivity index (χ2n) is 6.58. The Bertz CT molecular complexity index is 758. The topological polar surface area (TPSA) is 102 Å². The summed E-state index contributed by atoms with van der Waals surface area (Å²) in [5.74, 6) is -0.480. The molecule has 1 heterocycles. The first-order valence-corrected chi connectivity index (χ1v) is 10.0. The molecule has 2 N–H and O–H groups in total. The highest BCUT2D eigenvalue weighted by atomic mass is 32.2. The normalized spacial score (nSPS) is 19.2. The largest absolute Gasteiger partial charge is 0.492 e. The van der Waals surface area contributed by atoms with Crippen molar-refractivity contribution in [2.24, 2.45) is 5.41 Å². The van der Waals surface area contributed by atoms with Crippen LogP contribution >= 0.6 is 0 Å². The molecule has 25 heavy (non-hydrogen) atoms. The number of carbonyl (C=O) groups excluding carboxylic acids is 2. The average Bonchev–Trinajstić information content (AvgIpc) is 2.88. The van der Waals surface area contributed by atoms with Gasteiger partial charge in [0, 0.05) is 6.04 Å². The maximum Gasteiger partial charge on any atom is 0.239 e. The Morgan fingerprint density at radius 3 is 2.52 bits per heavy atom. The molecule has 1 aromatic carbocycles.